The van der Waals surface area contributed by atoms with Gasteiger partial charge in [-0.15, -0.1) is 11.6 Å². The Hall–Kier alpha value is -1.94. The van der Waals surface area contributed by atoms with Crippen LogP contribution in [0, 0.1) is 18.6 Å². The van der Waals surface area contributed by atoms with Gasteiger partial charge < -0.3 is 4.57 Å². The van der Waals surface area contributed by atoms with Crippen LogP contribution < -0.4 is 0 Å². The highest BCUT2D eigenvalue weighted by Crippen LogP contribution is 2.24. The van der Waals surface area contributed by atoms with E-state index >= 15 is 0 Å². The van der Waals surface area contributed by atoms with Gasteiger partial charge in [-0.1, -0.05) is 29.8 Å². The van der Waals surface area contributed by atoms with E-state index in [1.165, 1.54) is 6.07 Å². The Kier molecular flexibility index (Phi) is 3.64. The number of aromatic nitrogens is 2. The molecular weight excluding hydrogens is 294 g/mol. The van der Waals surface area contributed by atoms with Gasteiger partial charge in [0.25, 0.3) is 0 Å². The fraction of sp³-hybridized carbons (Fsp3) is 0.188. The molecule has 1 aromatic heterocycles. The maximum Gasteiger partial charge on any atom is 0.184 e. The summed E-state index contributed by atoms with van der Waals surface area (Å²) in [4.78, 5) is 4.28. The van der Waals surface area contributed by atoms with Crippen LogP contribution in [-0.2, 0) is 12.4 Å². The highest BCUT2D eigenvalue weighted by atomic mass is 35.5. The normalized spacial score (nSPS) is 11.2. The Labute approximate surface area is 126 Å². The van der Waals surface area contributed by atoms with E-state index in [-0.39, 0.29) is 11.4 Å². The van der Waals surface area contributed by atoms with E-state index in [1.54, 1.807) is 4.57 Å². The lowest BCUT2D eigenvalue weighted by Crippen LogP contribution is -2.05. The topological polar surface area (TPSA) is 17.8 Å². The van der Waals surface area contributed by atoms with Crippen molar-refractivity contribution in [2.75, 3.05) is 0 Å². The number of imidazole rings is 1. The number of nitrogens with zero attached hydrogens (tertiary/aromatic N) is 2. The van der Waals surface area contributed by atoms with Crippen molar-refractivity contribution in [3.63, 3.8) is 0 Å². The second-order valence-corrected chi connectivity index (χ2v) is 5.23. The molecule has 0 amide bonds. The average molecular weight is 307 g/mol. The van der Waals surface area contributed by atoms with Crippen molar-refractivity contribution in [1.29, 1.82) is 0 Å². The van der Waals surface area contributed by atoms with Gasteiger partial charge in [0.15, 0.2) is 11.6 Å². The van der Waals surface area contributed by atoms with Crippen LogP contribution in [0.25, 0.3) is 11.0 Å². The van der Waals surface area contributed by atoms with Gasteiger partial charge in [-0.2, -0.15) is 0 Å². The standard InChI is InChI=1S/C16H13ClF2N2/c1-10-3-2-4-11(7-10)9-21-14(8-17)20-13-6-5-12(18)15(19)16(13)21/h2-7H,8-9H2,1H3. The number of benzene rings is 2. The van der Waals surface area contributed by atoms with E-state index in [0.29, 0.717) is 17.9 Å². The number of aryl methyl sites for hydroxylation is 1. The summed E-state index contributed by atoms with van der Waals surface area (Å²) in [5, 5.41) is 0. The third-order valence-corrected chi connectivity index (χ3v) is 3.66. The van der Waals surface area contributed by atoms with Crippen molar-refractivity contribution < 1.29 is 8.78 Å². The van der Waals surface area contributed by atoms with E-state index in [1.807, 2.05) is 31.2 Å². The molecule has 0 spiro atoms. The van der Waals surface area contributed by atoms with Crippen molar-refractivity contribution in [1.82, 2.24) is 9.55 Å². The molecule has 3 rings (SSSR count). The highest BCUT2D eigenvalue weighted by molar-refractivity contribution is 6.16. The Morgan fingerprint density at radius 3 is 2.71 bits per heavy atom. The first-order valence-corrected chi connectivity index (χ1v) is 7.08. The number of halogens is 3. The van der Waals surface area contributed by atoms with Crippen LogP contribution in [0.5, 0.6) is 0 Å². The second-order valence-electron chi connectivity index (χ2n) is 4.97. The van der Waals surface area contributed by atoms with E-state index in [9.17, 15) is 8.78 Å². The fourth-order valence-electron chi connectivity index (χ4n) is 2.47. The Balaban J connectivity index is 2.18. The summed E-state index contributed by atoms with van der Waals surface area (Å²) in [5.74, 6) is -1.10. The fourth-order valence-corrected chi connectivity index (χ4v) is 2.67. The molecule has 0 fully saturated rings. The van der Waals surface area contributed by atoms with Crippen LogP contribution in [0.1, 0.15) is 17.0 Å². The molecule has 2 aromatic carbocycles. The zero-order valence-corrected chi connectivity index (χ0v) is 12.2. The third-order valence-electron chi connectivity index (χ3n) is 3.42. The summed E-state index contributed by atoms with van der Waals surface area (Å²) in [6, 6.07) is 10.4. The first-order valence-electron chi connectivity index (χ1n) is 6.55. The molecule has 0 radical (unpaired) electrons. The predicted molar refractivity (Wildman–Crippen MR) is 79.5 cm³/mol. The van der Waals surface area contributed by atoms with Gasteiger partial charge in [0.1, 0.15) is 11.3 Å². The van der Waals surface area contributed by atoms with Crippen molar-refractivity contribution >= 4 is 22.6 Å². The van der Waals surface area contributed by atoms with Gasteiger partial charge in [-0.25, -0.2) is 13.8 Å². The lowest BCUT2D eigenvalue weighted by molar-refractivity contribution is 0.512. The van der Waals surface area contributed by atoms with Crippen LogP contribution in [0.2, 0.25) is 0 Å². The summed E-state index contributed by atoms with van der Waals surface area (Å²) in [6.45, 7) is 2.39. The molecule has 21 heavy (non-hydrogen) atoms. The van der Waals surface area contributed by atoms with Gasteiger partial charge >= 0.3 is 0 Å². The van der Waals surface area contributed by atoms with Gasteiger partial charge in [-0.3, -0.25) is 0 Å². The summed E-state index contributed by atoms with van der Waals surface area (Å²) >= 11 is 5.89. The van der Waals surface area contributed by atoms with Crippen LogP contribution in [0.3, 0.4) is 0 Å². The molecular formula is C16H13ClF2N2. The molecule has 0 aliphatic carbocycles. The van der Waals surface area contributed by atoms with Gasteiger partial charge in [0.05, 0.1) is 11.4 Å². The van der Waals surface area contributed by atoms with E-state index in [2.05, 4.69) is 4.98 Å². The quantitative estimate of drug-likeness (QED) is 0.655. The largest absolute Gasteiger partial charge is 0.320 e. The molecule has 0 bridgehead atoms. The van der Waals surface area contributed by atoms with Crippen LogP contribution in [-0.4, -0.2) is 9.55 Å². The molecule has 0 aliphatic rings. The minimum absolute atomic E-state index is 0.140. The van der Waals surface area contributed by atoms with Gasteiger partial charge in [0.2, 0.25) is 0 Å². The number of hydrogen-bond acceptors (Lipinski definition) is 1. The number of fused-ring (bicyclic) bond motifs is 1. The monoisotopic (exact) mass is 306 g/mol. The zero-order chi connectivity index (χ0) is 15.0. The summed E-state index contributed by atoms with van der Waals surface area (Å²) < 4.78 is 29.2. The Morgan fingerprint density at radius 1 is 1.19 bits per heavy atom. The molecule has 2 nitrogen and oxygen atoms in total. The molecule has 5 heteroatoms. The van der Waals surface area contributed by atoms with E-state index < -0.39 is 11.6 Å². The lowest BCUT2D eigenvalue weighted by Gasteiger charge is -2.09. The van der Waals surface area contributed by atoms with Crippen LogP contribution in [0.4, 0.5) is 8.78 Å². The molecule has 0 saturated heterocycles. The number of alkyl halides is 1. The molecule has 0 N–H and O–H groups in total. The van der Waals surface area contributed by atoms with E-state index in [0.717, 1.165) is 17.2 Å². The molecule has 0 aliphatic heterocycles. The summed E-state index contributed by atoms with van der Waals surface area (Å²) in [7, 11) is 0. The molecule has 1 heterocycles. The van der Waals surface area contributed by atoms with Crippen LogP contribution >= 0.6 is 11.6 Å². The third kappa shape index (κ3) is 2.51. The van der Waals surface area contributed by atoms with Crippen LogP contribution in [0.15, 0.2) is 36.4 Å². The molecule has 0 saturated carbocycles. The first kappa shape index (κ1) is 14.0. The Morgan fingerprint density at radius 2 is 2.00 bits per heavy atom. The predicted octanol–water partition coefficient (Wildman–Crippen LogP) is 4.41. The summed E-state index contributed by atoms with van der Waals surface area (Å²) in [5.41, 5.74) is 2.67. The highest BCUT2D eigenvalue weighted by Gasteiger charge is 2.17. The average Bonchev–Trinajstić information content (AvgIpc) is 2.81. The van der Waals surface area contributed by atoms with Crippen molar-refractivity contribution in [3.8, 4) is 0 Å². The Bertz CT molecular complexity index is 811. The van der Waals surface area contributed by atoms with Gasteiger partial charge in [0, 0.05) is 6.54 Å². The maximum atomic E-state index is 14.1. The first-order chi connectivity index (χ1) is 10.1. The number of hydrogen-bond donors (Lipinski definition) is 0. The van der Waals surface area contributed by atoms with E-state index in [4.69, 9.17) is 11.6 Å². The molecule has 3 aromatic rings. The van der Waals surface area contributed by atoms with Crippen molar-refractivity contribution in [2.24, 2.45) is 0 Å². The smallest absolute Gasteiger partial charge is 0.184 e. The molecule has 108 valence electrons. The second kappa shape index (κ2) is 5.45. The maximum absolute atomic E-state index is 14.1. The lowest BCUT2D eigenvalue weighted by atomic mass is 10.1. The minimum Gasteiger partial charge on any atom is -0.320 e. The SMILES string of the molecule is Cc1cccc(Cn2c(CCl)nc3ccc(F)c(F)c32)c1. The summed E-state index contributed by atoms with van der Waals surface area (Å²) in [6.07, 6.45) is 0. The molecule has 0 unspecified atom stereocenters. The minimum atomic E-state index is -0.885. The van der Waals surface area contributed by atoms with Gasteiger partial charge in [-0.05, 0) is 24.6 Å². The zero-order valence-electron chi connectivity index (χ0n) is 11.4. The van der Waals surface area contributed by atoms with Crippen molar-refractivity contribution in [2.45, 2.75) is 19.3 Å². The number of rotatable bonds is 3. The molecule has 0 atom stereocenters. The van der Waals surface area contributed by atoms with Crippen molar-refractivity contribution in [3.05, 3.63) is 65.0 Å².